The first-order chi connectivity index (χ1) is 11.2. The molecule has 0 bridgehead atoms. The smallest absolute Gasteiger partial charge is 0.390 e. The summed E-state index contributed by atoms with van der Waals surface area (Å²) in [7, 11) is 0. The van der Waals surface area contributed by atoms with Crippen molar-refractivity contribution in [2.24, 2.45) is 5.16 Å². The molecular weight excluding hydrogens is 336 g/mol. The third kappa shape index (κ3) is 4.74. The maximum atomic E-state index is 12.7. The van der Waals surface area contributed by atoms with Crippen molar-refractivity contribution in [2.45, 2.75) is 19.0 Å². The van der Waals surface area contributed by atoms with Crippen molar-refractivity contribution < 1.29 is 31.2 Å². The molecule has 0 N–H and O–H groups in total. The topological polar surface area (TPSA) is 21.6 Å². The van der Waals surface area contributed by atoms with Crippen molar-refractivity contribution in [1.82, 2.24) is 0 Å². The fourth-order valence-electron chi connectivity index (χ4n) is 1.81. The lowest BCUT2D eigenvalue weighted by molar-refractivity contribution is -0.138. The van der Waals surface area contributed by atoms with Gasteiger partial charge in [0.2, 0.25) is 0 Å². The van der Waals surface area contributed by atoms with Crippen molar-refractivity contribution in [3.63, 3.8) is 0 Å². The lowest BCUT2D eigenvalue weighted by atomic mass is 10.1. The van der Waals surface area contributed by atoms with E-state index in [0.717, 1.165) is 18.2 Å². The fourth-order valence-corrected chi connectivity index (χ4v) is 1.81. The Kier molecular flexibility index (Phi) is 5.16. The number of rotatable bonds is 4. The minimum Gasteiger partial charge on any atom is -0.390 e. The van der Waals surface area contributed by atoms with E-state index in [2.05, 4.69) is 11.4 Å². The van der Waals surface area contributed by atoms with Crippen LogP contribution in [-0.2, 0) is 23.8 Å². The van der Waals surface area contributed by atoms with Crippen molar-refractivity contribution >= 4 is 6.21 Å². The standard InChI is InChI=1S/C16H10F6NO/c17-15(18,19)13-7-5-11(6-8-13)10-24-23-9-12-3-1-2-4-14(12)16(20,21)22/h1-8H,10H2. The minimum absolute atomic E-state index is 0.195. The number of hydrogen-bond acceptors (Lipinski definition) is 2. The van der Waals surface area contributed by atoms with Gasteiger partial charge in [0.1, 0.15) is 12.8 Å². The van der Waals surface area contributed by atoms with Gasteiger partial charge in [-0.05, 0) is 23.8 Å². The van der Waals surface area contributed by atoms with Gasteiger partial charge in [0.15, 0.2) is 0 Å². The molecule has 2 rings (SSSR count). The van der Waals surface area contributed by atoms with Crippen molar-refractivity contribution in [1.29, 1.82) is 0 Å². The molecule has 0 atom stereocenters. The molecule has 0 saturated carbocycles. The molecule has 2 aromatic rings. The fraction of sp³-hybridized carbons (Fsp3) is 0.188. The van der Waals surface area contributed by atoms with E-state index < -0.39 is 23.5 Å². The van der Waals surface area contributed by atoms with Crippen molar-refractivity contribution in [3.8, 4) is 0 Å². The van der Waals surface area contributed by atoms with Crippen LogP contribution in [0.4, 0.5) is 26.3 Å². The first kappa shape index (κ1) is 17.8. The highest BCUT2D eigenvalue weighted by atomic mass is 19.4. The Hall–Kier alpha value is -2.51. The maximum absolute atomic E-state index is 12.7. The largest absolute Gasteiger partial charge is 0.417 e. The van der Waals surface area contributed by atoms with Gasteiger partial charge in [-0.1, -0.05) is 35.5 Å². The van der Waals surface area contributed by atoms with Gasteiger partial charge < -0.3 is 4.84 Å². The van der Waals surface area contributed by atoms with Crippen LogP contribution in [0.1, 0.15) is 22.3 Å². The molecule has 24 heavy (non-hydrogen) atoms. The molecule has 0 aromatic heterocycles. The van der Waals surface area contributed by atoms with Gasteiger partial charge in [-0.3, -0.25) is 0 Å². The quantitative estimate of drug-likeness (QED) is 0.426. The molecule has 8 heteroatoms. The molecule has 0 fully saturated rings. The lowest BCUT2D eigenvalue weighted by Crippen LogP contribution is -2.08. The molecule has 0 amide bonds. The normalized spacial score (nSPS) is 12.6. The summed E-state index contributed by atoms with van der Waals surface area (Å²) in [5.74, 6) is 0. The van der Waals surface area contributed by atoms with Gasteiger partial charge in [-0.15, -0.1) is 0 Å². The Balaban J connectivity index is 1.99. The monoisotopic (exact) mass is 346 g/mol. The predicted molar refractivity (Wildman–Crippen MR) is 74.2 cm³/mol. The van der Waals surface area contributed by atoms with Crippen LogP contribution in [0.2, 0.25) is 0 Å². The number of alkyl halides is 6. The number of hydrogen-bond donors (Lipinski definition) is 0. The summed E-state index contributed by atoms with van der Waals surface area (Å²) in [5, 5.41) is 3.31. The summed E-state index contributed by atoms with van der Waals surface area (Å²) in [6.07, 6.45) is -6.86. The van der Waals surface area contributed by atoms with Crippen LogP contribution in [-0.4, -0.2) is 6.21 Å². The van der Waals surface area contributed by atoms with Crippen molar-refractivity contribution in [2.75, 3.05) is 0 Å². The predicted octanol–water partition coefficient (Wildman–Crippen LogP) is 5.15. The second kappa shape index (κ2) is 6.94. The average Bonchev–Trinajstić information content (AvgIpc) is 2.50. The second-order valence-electron chi connectivity index (χ2n) is 4.71. The number of benzene rings is 2. The van der Waals surface area contributed by atoms with E-state index in [-0.39, 0.29) is 12.2 Å². The number of nitrogens with zero attached hydrogens (tertiary/aromatic N) is 1. The Morgan fingerprint density at radius 1 is 0.833 bits per heavy atom. The van der Waals surface area contributed by atoms with Crippen LogP contribution in [0.5, 0.6) is 0 Å². The summed E-state index contributed by atoms with van der Waals surface area (Å²) in [6, 6.07) is 8.84. The third-order valence-corrected chi connectivity index (χ3v) is 2.98. The molecule has 0 aliphatic rings. The Morgan fingerprint density at radius 2 is 1.46 bits per heavy atom. The van der Waals surface area contributed by atoms with E-state index in [4.69, 9.17) is 4.84 Å². The average molecular weight is 346 g/mol. The summed E-state index contributed by atoms with van der Waals surface area (Å²) in [6.45, 7) is -0.195. The zero-order valence-electron chi connectivity index (χ0n) is 11.9. The summed E-state index contributed by atoms with van der Waals surface area (Å²) < 4.78 is 75.4. The van der Waals surface area contributed by atoms with Crippen LogP contribution >= 0.6 is 0 Å². The molecule has 0 unspecified atom stereocenters. The minimum atomic E-state index is -4.55. The third-order valence-electron chi connectivity index (χ3n) is 2.98. The Bertz CT molecular complexity index is 704. The highest BCUT2D eigenvalue weighted by Crippen LogP contribution is 2.31. The van der Waals surface area contributed by atoms with Gasteiger partial charge >= 0.3 is 12.4 Å². The van der Waals surface area contributed by atoms with Crippen LogP contribution in [0, 0.1) is 0 Å². The molecule has 0 saturated heterocycles. The van der Waals surface area contributed by atoms with Crippen LogP contribution in [0.15, 0.2) is 53.7 Å². The zero-order valence-corrected chi connectivity index (χ0v) is 11.9. The van der Waals surface area contributed by atoms with Gasteiger partial charge in [-0.2, -0.15) is 26.3 Å². The molecule has 0 spiro atoms. The van der Waals surface area contributed by atoms with E-state index in [9.17, 15) is 26.3 Å². The van der Waals surface area contributed by atoms with E-state index in [1.165, 1.54) is 30.3 Å². The molecule has 0 aliphatic carbocycles. The highest BCUT2D eigenvalue weighted by molar-refractivity contribution is 5.81. The van der Waals surface area contributed by atoms with Crippen LogP contribution < -0.4 is 0 Å². The molecule has 127 valence electrons. The first-order valence-electron chi connectivity index (χ1n) is 6.58. The zero-order chi connectivity index (χ0) is 17.8. The molecular formula is C16H10F6NO. The van der Waals surface area contributed by atoms with E-state index >= 15 is 0 Å². The van der Waals surface area contributed by atoms with Gasteiger partial charge in [0, 0.05) is 5.56 Å². The maximum Gasteiger partial charge on any atom is 0.417 e. The van der Waals surface area contributed by atoms with Crippen LogP contribution in [0.25, 0.3) is 0 Å². The molecule has 0 aliphatic heterocycles. The van der Waals surface area contributed by atoms with Crippen molar-refractivity contribution in [3.05, 3.63) is 70.8 Å². The van der Waals surface area contributed by atoms with E-state index in [0.29, 0.717) is 5.56 Å². The SMILES string of the molecule is FC(F)(F)c1ccc(CO/N=[C]\c2ccccc2C(F)(F)F)cc1. The van der Waals surface area contributed by atoms with E-state index in [1.807, 2.05) is 0 Å². The summed E-state index contributed by atoms with van der Waals surface area (Å²) in [5.41, 5.74) is -1.62. The molecule has 2 nitrogen and oxygen atoms in total. The van der Waals surface area contributed by atoms with Crippen LogP contribution in [0.3, 0.4) is 0 Å². The molecule has 0 heterocycles. The first-order valence-corrected chi connectivity index (χ1v) is 6.58. The Morgan fingerprint density at radius 3 is 2.04 bits per heavy atom. The second-order valence-corrected chi connectivity index (χ2v) is 4.71. The van der Waals surface area contributed by atoms with E-state index in [1.54, 1.807) is 0 Å². The lowest BCUT2D eigenvalue weighted by Gasteiger charge is -2.08. The van der Waals surface area contributed by atoms with Gasteiger partial charge in [0.25, 0.3) is 0 Å². The van der Waals surface area contributed by atoms with Gasteiger partial charge in [-0.25, -0.2) is 0 Å². The summed E-state index contributed by atoms with van der Waals surface area (Å²) in [4.78, 5) is 4.78. The van der Waals surface area contributed by atoms with Gasteiger partial charge in [0.05, 0.1) is 11.1 Å². The Labute approximate surface area is 133 Å². The number of halogens is 6. The highest BCUT2D eigenvalue weighted by Gasteiger charge is 2.32. The summed E-state index contributed by atoms with van der Waals surface area (Å²) >= 11 is 0. The molecule has 1 radical (unpaired) electrons. The molecule has 2 aromatic carbocycles.